The van der Waals surface area contributed by atoms with E-state index in [1.54, 1.807) is 0 Å². The standard InChI is InChI=1S/C22H21F3N6O2.ClH/c23-13-2-1-3-14(24)18(13)19-15(25)8-16(26)20(31-19)21(32)30-17-9-28-11-29-22(17)33-10-12-4-6-27-7-5-12;/h1-3,8-9,11-12,27H,4-7,10,26H2,(H,30,32);1H. The summed E-state index contributed by atoms with van der Waals surface area (Å²) in [6.45, 7) is 2.22. The monoisotopic (exact) mass is 494 g/mol. The molecule has 3 aromatic rings. The molecule has 1 amide bonds. The van der Waals surface area contributed by atoms with Gasteiger partial charge in [0.15, 0.2) is 11.5 Å². The molecule has 0 saturated carbocycles. The first-order chi connectivity index (χ1) is 15.9. The van der Waals surface area contributed by atoms with Gasteiger partial charge in [0.25, 0.3) is 5.91 Å². The zero-order chi connectivity index (χ0) is 23.4. The summed E-state index contributed by atoms with van der Waals surface area (Å²) in [5.41, 5.74) is 3.84. The number of hydrogen-bond acceptors (Lipinski definition) is 7. The van der Waals surface area contributed by atoms with E-state index in [1.807, 2.05) is 0 Å². The van der Waals surface area contributed by atoms with Crippen molar-refractivity contribution in [2.45, 2.75) is 12.8 Å². The number of anilines is 2. The molecule has 1 aromatic carbocycles. The smallest absolute Gasteiger partial charge is 0.276 e. The Hall–Kier alpha value is -3.44. The lowest BCUT2D eigenvalue weighted by Gasteiger charge is -2.22. The third kappa shape index (κ3) is 5.54. The van der Waals surface area contributed by atoms with Crippen LogP contribution in [0.5, 0.6) is 5.88 Å². The first-order valence-electron chi connectivity index (χ1n) is 10.3. The summed E-state index contributed by atoms with van der Waals surface area (Å²) in [6, 6.07) is 3.85. The molecule has 180 valence electrons. The van der Waals surface area contributed by atoms with Gasteiger partial charge in [0.05, 0.1) is 24.1 Å². The molecule has 4 N–H and O–H groups in total. The molecule has 8 nitrogen and oxygen atoms in total. The lowest BCUT2D eigenvalue weighted by Crippen LogP contribution is -2.30. The van der Waals surface area contributed by atoms with Crippen LogP contribution in [0.1, 0.15) is 23.3 Å². The van der Waals surface area contributed by atoms with Crippen molar-refractivity contribution in [1.29, 1.82) is 0 Å². The fraction of sp³-hybridized carbons (Fsp3) is 0.273. The van der Waals surface area contributed by atoms with Crippen LogP contribution in [0.2, 0.25) is 0 Å². The summed E-state index contributed by atoms with van der Waals surface area (Å²) < 4.78 is 48.6. The van der Waals surface area contributed by atoms with E-state index in [9.17, 15) is 18.0 Å². The van der Waals surface area contributed by atoms with Gasteiger partial charge in [-0.15, -0.1) is 12.4 Å². The highest BCUT2D eigenvalue weighted by Crippen LogP contribution is 2.30. The molecule has 1 aliphatic rings. The van der Waals surface area contributed by atoms with Crippen LogP contribution in [0.15, 0.2) is 36.8 Å². The van der Waals surface area contributed by atoms with Crippen LogP contribution in [-0.2, 0) is 0 Å². The van der Waals surface area contributed by atoms with Crippen LogP contribution in [0.4, 0.5) is 24.5 Å². The number of amides is 1. The molecule has 0 bridgehead atoms. The van der Waals surface area contributed by atoms with Gasteiger partial charge in [-0.25, -0.2) is 23.1 Å². The van der Waals surface area contributed by atoms with Crippen molar-refractivity contribution in [2.75, 3.05) is 30.7 Å². The largest absolute Gasteiger partial charge is 0.476 e. The molecule has 0 aliphatic carbocycles. The van der Waals surface area contributed by atoms with Gasteiger partial charge in [-0.2, -0.15) is 4.98 Å². The minimum atomic E-state index is -1.07. The zero-order valence-corrected chi connectivity index (χ0v) is 18.7. The molecule has 0 atom stereocenters. The second kappa shape index (κ2) is 11.1. The second-order valence-corrected chi connectivity index (χ2v) is 7.55. The highest BCUT2D eigenvalue weighted by Gasteiger charge is 2.23. The number of ether oxygens (including phenoxy) is 1. The van der Waals surface area contributed by atoms with Crippen molar-refractivity contribution in [2.24, 2.45) is 5.92 Å². The Balaban J connectivity index is 0.00000324. The molecule has 2 aromatic heterocycles. The van der Waals surface area contributed by atoms with Crippen molar-refractivity contribution in [1.82, 2.24) is 20.3 Å². The molecule has 1 aliphatic heterocycles. The molecular formula is C22H22ClF3N6O2. The van der Waals surface area contributed by atoms with Crippen LogP contribution >= 0.6 is 12.4 Å². The normalized spacial score (nSPS) is 13.7. The molecule has 12 heteroatoms. The highest BCUT2D eigenvalue weighted by molar-refractivity contribution is 6.07. The average molecular weight is 495 g/mol. The number of carbonyl (C=O) groups is 1. The zero-order valence-electron chi connectivity index (χ0n) is 17.9. The summed E-state index contributed by atoms with van der Waals surface area (Å²) in [7, 11) is 0. The summed E-state index contributed by atoms with van der Waals surface area (Å²) in [5.74, 6) is -3.46. The lowest BCUT2D eigenvalue weighted by molar-refractivity contribution is 0.102. The minimum Gasteiger partial charge on any atom is -0.476 e. The van der Waals surface area contributed by atoms with Crippen LogP contribution in [0.25, 0.3) is 11.3 Å². The molecule has 1 fully saturated rings. The summed E-state index contributed by atoms with van der Waals surface area (Å²) in [4.78, 5) is 24.6. The van der Waals surface area contributed by atoms with E-state index >= 15 is 0 Å². The van der Waals surface area contributed by atoms with E-state index in [2.05, 4.69) is 25.6 Å². The fourth-order valence-electron chi connectivity index (χ4n) is 3.53. The molecular weight excluding hydrogens is 473 g/mol. The molecule has 4 rings (SSSR count). The third-order valence-electron chi connectivity index (χ3n) is 5.26. The Morgan fingerprint density at radius 2 is 1.88 bits per heavy atom. The molecule has 0 radical (unpaired) electrons. The van der Waals surface area contributed by atoms with Crippen LogP contribution in [0, 0.1) is 23.4 Å². The maximum absolute atomic E-state index is 14.5. The quantitative estimate of drug-likeness (QED) is 0.479. The van der Waals surface area contributed by atoms with Gasteiger partial charge in [-0.1, -0.05) is 6.07 Å². The first kappa shape index (κ1) is 25.2. The molecule has 1 saturated heterocycles. The molecule has 0 unspecified atom stereocenters. The summed E-state index contributed by atoms with van der Waals surface area (Å²) in [6.07, 6.45) is 4.52. The topological polar surface area (TPSA) is 115 Å². The third-order valence-corrected chi connectivity index (χ3v) is 5.26. The van der Waals surface area contributed by atoms with Gasteiger partial charge in [0.2, 0.25) is 5.88 Å². The predicted octanol–water partition coefficient (Wildman–Crippen LogP) is 3.59. The Morgan fingerprint density at radius 1 is 1.18 bits per heavy atom. The minimum absolute atomic E-state index is 0. The summed E-state index contributed by atoms with van der Waals surface area (Å²) >= 11 is 0. The van der Waals surface area contributed by atoms with E-state index in [-0.39, 0.29) is 29.7 Å². The summed E-state index contributed by atoms with van der Waals surface area (Å²) in [5, 5.41) is 5.80. The first-order valence-corrected chi connectivity index (χ1v) is 10.3. The Kier molecular flexibility index (Phi) is 8.24. The number of piperidine rings is 1. The Morgan fingerprint density at radius 3 is 2.59 bits per heavy atom. The highest BCUT2D eigenvalue weighted by atomic mass is 35.5. The number of nitrogen functional groups attached to an aromatic ring is 1. The number of benzene rings is 1. The number of pyridine rings is 1. The predicted molar refractivity (Wildman–Crippen MR) is 122 cm³/mol. The average Bonchev–Trinajstić information content (AvgIpc) is 2.80. The number of nitrogens with one attached hydrogen (secondary N) is 2. The van der Waals surface area contributed by atoms with Crippen LogP contribution in [0.3, 0.4) is 0 Å². The maximum atomic E-state index is 14.5. The van der Waals surface area contributed by atoms with Gasteiger partial charge in [-0.3, -0.25) is 4.79 Å². The van der Waals surface area contributed by atoms with Gasteiger partial charge in [-0.05, 0) is 44.0 Å². The van der Waals surface area contributed by atoms with E-state index < -0.39 is 40.3 Å². The fourth-order valence-corrected chi connectivity index (χ4v) is 3.53. The van der Waals surface area contributed by atoms with Crippen molar-refractivity contribution >= 4 is 29.7 Å². The van der Waals surface area contributed by atoms with Crippen molar-refractivity contribution < 1.29 is 22.7 Å². The van der Waals surface area contributed by atoms with E-state index in [4.69, 9.17) is 10.5 Å². The van der Waals surface area contributed by atoms with Crippen molar-refractivity contribution in [3.05, 3.63) is 59.9 Å². The number of hydrogen-bond donors (Lipinski definition) is 3. The molecule has 34 heavy (non-hydrogen) atoms. The maximum Gasteiger partial charge on any atom is 0.276 e. The number of halogens is 4. The second-order valence-electron chi connectivity index (χ2n) is 7.55. The van der Waals surface area contributed by atoms with E-state index in [1.165, 1.54) is 12.5 Å². The number of carbonyl (C=O) groups excluding carboxylic acids is 1. The lowest BCUT2D eigenvalue weighted by atomic mass is 9.99. The Labute approximate surface area is 199 Å². The molecule has 0 spiro atoms. The van der Waals surface area contributed by atoms with Crippen molar-refractivity contribution in [3.63, 3.8) is 0 Å². The number of nitrogens with two attached hydrogens (primary N) is 1. The van der Waals surface area contributed by atoms with Crippen LogP contribution in [-0.4, -0.2) is 40.6 Å². The van der Waals surface area contributed by atoms with E-state index in [0.717, 1.165) is 50.2 Å². The van der Waals surface area contributed by atoms with Crippen molar-refractivity contribution in [3.8, 4) is 17.1 Å². The molecule has 3 heterocycles. The van der Waals surface area contributed by atoms with E-state index in [0.29, 0.717) is 12.5 Å². The Bertz CT molecular complexity index is 1160. The van der Waals surface area contributed by atoms with Gasteiger partial charge in [0, 0.05) is 6.07 Å². The number of aromatic nitrogens is 3. The van der Waals surface area contributed by atoms with Gasteiger partial charge < -0.3 is 21.1 Å². The van der Waals surface area contributed by atoms with Crippen LogP contribution < -0.4 is 21.1 Å². The van der Waals surface area contributed by atoms with Gasteiger partial charge >= 0.3 is 0 Å². The number of rotatable bonds is 6. The number of nitrogens with zero attached hydrogens (tertiary/aromatic N) is 3. The van der Waals surface area contributed by atoms with Gasteiger partial charge in [0.1, 0.15) is 29.3 Å². The SMILES string of the molecule is Cl.Nc1cc(F)c(-c2c(F)cccc2F)nc1C(=O)Nc1cncnc1OCC1CCNCC1.